The van der Waals surface area contributed by atoms with Crippen LogP contribution in [-0.2, 0) is 4.74 Å². The zero-order valence-corrected chi connectivity index (χ0v) is 7.70. The minimum absolute atomic E-state index is 0.0379. The Morgan fingerprint density at radius 2 is 2.23 bits per heavy atom. The van der Waals surface area contributed by atoms with E-state index in [-0.39, 0.29) is 11.3 Å². The molecule has 0 heterocycles. The van der Waals surface area contributed by atoms with E-state index in [9.17, 15) is 9.90 Å². The number of carbonyl (C=O) groups is 1. The van der Waals surface area contributed by atoms with E-state index in [2.05, 4.69) is 0 Å². The lowest BCUT2D eigenvalue weighted by Crippen LogP contribution is -2.04. The fraction of sp³-hybridized carbons (Fsp3) is 0.300. The number of benzene rings is 1. The van der Waals surface area contributed by atoms with Gasteiger partial charge in [0.15, 0.2) is 0 Å². The maximum atomic E-state index is 11.2. The summed E-state index contributed by atoms with van der Waals surface area (Å²) in [7, 11) is 0. The maximum absolute atomic E-state index is 11.2. The Hall–Kier alpha value is -1.51. The third-order valence-corrected chi connectivity index (χ3v) is 1.65. The summed E-state index contributed by atoms with van der Waals surface area (Å²) in [5.41, 5.74) is 1.14. The molecule has 0 amide bonds. The highest BCUT2D eigenvalue weighted by molar-refractivity contribution is 5.92. The Morgan fingerprint density at radius 1 is 1.54 bits per heavy atom. The molecule has 0 atom stereocenters. The van der Waals surface area contributed by atoms with Crippen LogP contribution in [0.25, 0.3) is 0 Å². The fourth-order valence-corrected chi connectivity index (χ4v) is 1.02. The third-order valence-electron chi connectivity index (χ3n) is 1.65. The van der Waals surface area contributed by atoms with E-state index in [0.717, 1.165) is 5.56 Å². The maximum Gasteiger partial charge on any atom is 0.341 e. The Bertz CT molecular complexity index is 318. The highest BCUT2D eigenvalue weighted by Crippen LogP contribution is 2.18. The summed E-state index contributed by atoms with van der Waals surface area (Å²) in [6.45, 7) is 3.89. The average molecular weight is 180 g/mol. The molecule has 0 bridgehead atoms. The Labute approximate surface area is 77.0 Å². The SMILES string of the molecule is CCOC(=O)c1cc(C)ccc1O. The first-order chi connectivity index (χ1) is 6.15. The molecule has 0 saturated heterocycles. The van der Waals surface area contributed by atoms with Crippen molar-refractivity contribution >= 4 is 5.97 Å². The molecular weight excluding hydrogens is 168 g/mol. The quantitative estimate of drug-likeness (QED) is 0.707. The molecule has 0 unspecified atom stereocenters. The lowest BCUT2D eigenvalue weighted by molar-refractivity contribution is 0.0523. The molecule has 70 valence electrons. The molecule has 0 spiro atoms. The van der Waals surface area contributed by atoms with Crippen LogP contribution in [0.4, 0.5) is 0 Å². The summed E-state index contributed by atoms with van der Waals surface area (Å²) in [5, 5.41) is 9.33. The molecular formula is C10H12O3. The lowest BCUT2D eigenvalue weighted by atomic mass is 10.1. The van der Waals surface area contributed by atoms with Gasteiger partial charge in [-0.15, -0.1) is 0 Å². The van der Waals surface area contributed by atoms with Gasteiger partial charge in [0.05, 0.1) is 6.61 Å². The molecule has 3 nitrogen and oxygen atoms in total. The van der Waals surface area contributed by atoms with Gasteiger partial charge in [0.2, 0.25) is 0 Å². The van der Waals surface area contributed by atoms with Gasteiger partial charge in [-0.3, -0.25) is 0 Å². The van der Waals surface area contributed by atoms with Gasteiger partial charge >= 0.3 is 5.97 Å². The highest BCUT2D eigenvalue weighted by Gasteiger charge is 2.11. The first-order valence-electron chi connectivity index (χ1n) is 4.12. The predicted octanol–water partition coefficient (Wildman–Crippen LogP) is 1.88. The third kappa shape index (κ3) is 2.21. The van der Waals surface area contributed by atoms with Crippen molar-refractivity contribution in [2.24, 2.45) is 0 Å². The van der Waals surface area contributed by atoms with Gasteiger partial charge in [-0.1, -0.05) is 11.6 Å². The number of hydrogen-bond acceptors (Lipinski definition) is 3. The molecule has 0 fully saturated rings. The van der Waals surface area contributed by atoms with E-state index in [1.54, 1.807) is 19.1 Å². The van der Waals surface area contributed by atoms with Crippen LogP contribution in [0.1, 0.15) is 22.8 Å². The summed E-state index contributed by atoms with van der Waals surface area (Å²) in [6, 6.07) is 4.83. The summed E-state index contributed by atoms with van der Waals surface area (Å²) in [5.74, 6) is -0.521. The number of phenolic OH excluding ortho intramolecular Hbond substituents is 1. The Morgan fingerprint density at radius 3 is 2.85 bits per heavy atom. The first-order valence-corrected chi connectivity index (χ1v) is 4.12. The van der Waals surface area contributed by atoms with Crippen LogP contribution in [0.15, 0.2) is 18.2 Å². The molecule has 13 heavy (non-hydrogen) atoms. The summed E-state index contributed by atoms with van der Waals surface area (Å²) < 4.78 is 4.76. The van der Waals surface area contributed by atoms with E-state index in [0.29, 0.717) is 6.61 Å². The largest absolute Gasteiger partial charge is 0.507 e. The molecule has 0 radical (unpaired) electrons. The van der Waals surface area contributed by atoms with Gasteiger partial charge < -0.3 is 9.84 Å². The summed E-state index contributed by atoms with van der Waals surface area (Å²) >= 11 is 0. The van der Waals surface area contributed by atoms with Crippen molar-refractivity contribution in [2.75, 3.05) is 6.61 Å². The van der Waals surface area contributed by atoms with Gasteiger partial charge in [0, 0.05) is 0 Å². The Kier molecular flexibility index (Phi) is 2.90. The van der Waals surface area contributed by atoms with Crippen LogP contribution in [0.3, 0.4) is 0 Å². The smallest absolute Gasteiger partial charge is 0.341 e. The predicted molar refractivity (Wildman–Crippen MR) is 48.8 cm³/mol. The summed E-state index contributed by atoms with van der Waals surface area (Å²) in [4.78, 5) is 11.2. The summed E-state index contributed by atoms with van der Waals surface area (Å²) in [6.07, 6.45) is 0. The van der Waals surface area contributed by atoms with E-state index in [1.165, 1.54) is 6.07 Å². The second-order valence-corrected chi connectivity index (χ2v) is 2.74. The molecule has 0 aromatic heterocycles. The highest BCUT2D eigenvalue weighted by atomic mass is 16.5. The first kappa shape index (κ1) is 9.58. The second-order valence-electron chi connectivity index (χ2n) is 2.74. The van der Waals surface area contributed by atoms with Crippen molar-refractivity contribution in [3.63, 3.8) is 0 Å². The zero-order chi connectivity index (χ0) is 9.84. The second kappa shape index (κ2) is 3.94. The van der Waals surface area contributed by atoms with Crippen molar-refractivity contribution in [2.45, 2.75) is 13.8 Å². The molecule has 1 aromatic rings. The topological polar surface area (TPSA) is 46.5 Å². The minimum atomic E-state index is -0.483. The zero-order valence-electron chi connectivity index (χ0n) is 7.70. The van der Waals surface area contributed by atoms with Crippen molar-refractivity contribution in [3.05, 3.63) is 29.3 Å². The number of aryl methyl sites for hydroxylation is 1. The van der Waals surface area contributed by atoms with Crippen LogP contribution in [0, 0.1) is 6.92 Å². The minimum Gasteiger partial charge on any atom is -0.507 e. The number of carbonyl (C=O) groups excluding carboxylic acids is 1. The van der Waals surface area contributed by atoms with Crippen molar-refractivity contribution in [1.29, 1.82) is 0 Å². The standard InChI is InChI=1S/C10H12O3/c1-3-13-10(12)8-6-7(2)4-5-9(8)11/h4-6,11H,3H2,1-2H3. The molecule has 1 N–H and O–H groups in total. The number of esters is 1. The van der Waals surface area contributed by atoms with E-state index < -0.39 is 5.97 Å². The number of phenols is 1. The molecule has 1 aromatic carbocycles. The molecule has 0 aliphatic rings. The number of aromatic hydroxyl groups is 1. The van der Waals surface area contributed by atoms with Crippen LogP contribution < -0.4 is 0 Å². The van der Waals surface area contributed by atoms with Gasteiger partial charge in [-0.25, -0.2) is 4.79 Å². The fourth-order valence-electron chi connectivity index (χ4n) is 1.02. The van der Waals surface area contributed by atoms with E-state index >= 15 is 0 Å². The van der Waals surface area contributed by atoms with Gasteiger partial charge in [0.25, 0.3) is 0 Å². The van der Waals surface area contributed by atoms with Crippen LogP contribution in [0.2, 0.25) is 0 Å². The lowest BCUT2D eigenvalue weighted by Gasteiger charge is -2.04. The van der Waals surface area contributed by atoms with E-state index in [1.807, 2.05) is 6.92 Å². The van der Waals surface area contributed by atoms with Crippen LogP contribution in [-0.4, -0.2) is 17.7 Å². The molecule has 3 heteroatoms. The van der Waals surface area contributed by atoms with Crippen molar-refractivity contribution in [3.8, 4) is 5.75 Å². The number of ether oxygens (including phenoxy) is 1. The number of rotatable bonds is 2. The van der Waals surface area contributed by atoms with Gasteiger partial charge in [-0.2, -0.15) is 0 Å². The normalized spacial score (nSPS) is 9.69. The van der Waals surface area contributed by atoms with Crippen molar-refractivity contribution in [1.82, 2.24) is 0 Å². The van der Waals surface area contributed by atoms with Crippen LogP contribution >= 0.6 is 0 Å². The van der Waals surface area contributed by atoms with Gasteiger partial charge in [0.1, 0.15) is 11.3 Å². The van der Waals surface area contributed by atoms with Gasteiger partial charge in [-0.05, 0) is 26.0 Å². The van der Waals surface area contributed by atoms with E-state index in [4.69, 9.17) is 4.74 Å². The molecule has 0 aliphatic carbocycles. The van der Waals surface area contributed by atoms with Crippen LogP contribution in [0.5, 0.6) is 5.75 Å². The molecule has 0 aliphatic heterocycles. The molecule has 1 rings (SSSR count). The van der Waals surface area contributed by atoms with Crippen molar-refractivity contribution < 1.29 is 14.6 Å². The monoisotopic (exact) mass is 180 g/mol. The number of hydrogen-bond donors (Lipinski definition) is 1. The Balaban J connectivity index is 2.99. The molecule has 0 saturated carbocycles. The average Bonchev–Trinajstić information content (AvgIpc) is 2.09.